The zero-order valence-corrected chi connectivity index (χ0v) is 25.1. The minimum Gasteiger partial charge on any atom is -0.373 e. The molecule has 9 unspecified atom stereocenters. The second-order valence-corrected chi connectivity index (χ2v) is 12.3. The van der Waals surface area contributed by atoms with Gasteiger partial charge in [0.05, 0.1) is 36.1 Å². The highest BCUT2D eigenvalue weighted by atomic mass is 19.1. The molecule has 2 amide bonds. The summed E-state index contributed by atoms with van der Waals surface area (Å²) in [5.74, 6) is -1.03. The normalized spacial score (nSPS) is 38.8. The Hall–Kier alpha value is -2.15. The molecule has 0 aromatic rings. The van der Waals surface area contributed by atoms with Crippen molar-refractivity contribution in [1.82, 2.24) is 30.7 Å². The third-order valence-corrected chi connectivity index (χ3v) is 9.35. The van der Waals surface area contributed by atoms with Gasteiger partial charge in [-0.2, -0.15) is 0 Å². The molecule has 4 heterocycles. The molecule has 12 heteroatoms. The maximum Gasteiger partial charge on any atom is 0.229 e. The van der Waals surface area contributed by atoms with Crippen LogP contribution in [0.15, 0.2) is 16.8 Å². The van der Waals surface area contributed by atoms with E-state index in [-0.39, 0.29) is 36.6 Å². The number of alkyl halides is 2. The van der Waals surface area contributed by atoms with Crippen LogP contribution in [0.3, 0.4) is 0 Å². The van der Waals surface area contributed by atoms with Crippen LogP contribution in [0.25, 0.3) is 0 Å². The van der Waals surface area contributed by atoms with Crippen molar-refractivity contribution >= 4 is 18.0 Å². The molecule has 3 fully saturated rings. The summed E-state index contributed by atoms with van der Waals surface area (Å²) in [6.45, 7) is 10.7. The van der Waals surface area contributed by atoms with Gasteiger partial charge in [-0.3, -0.25) is 19.5 Å². The second-order valence-electron chi connectivity index (χ2n) is 12.3. The number of halogens is 2. The van der Waals surface area contributed by atoms with Crippen LogP contribution in [-0.2, 0) is 9.59 Å². The monoisotopic (exact) mass is 580 g/mol. The van der Waals surface area contributed by atoms with Crippen LogP contribution < -0.4 is 21.7 Å². The van der Waals surface area contributed by atoms with Gasteiger partial charge in [0.2, 0.25) is 11.8 Å². The number of carbonyl (C=O) groups excluding carboxylic acids is 2. The number of likely N-dealkylation sites (tertiary alicyclic amines) is 1. The van der Waals surface area contributed by atoms with E-state index < -0.39 is 42.6 Å². The zero-order chi connectivity index (χ0) is 29.7. The predicted octanol–water partition coefficient (Wildman–Crippen LogP) is 0.499. The summed E-state index contributed by atoms with van der Waals surface area (Å²) in [4.78, 5) is 37.6. The highest BCUT2D eigenvalue weighted by molar-refractivity contribution is 5.81. The van der Waals surface area contributed by atoms with Gasteiger partial charge in [-0.1, -0.05) is 19.9 Å². The van der Waals surface area contributed by atoms with Gasteiger partial charge < -0.3 is 31.5 Å². The van der Waals surface area contributed by atoms with Gasteiger partial charge in [0.15, 0.2) is 0 Å². The fourth-order valence-corrected chi connectivity index (χ4v) is 6.52. The van der Waals surface area contributed by atoms with Gasteiger partial charge in [0, 0.05) is 64.1 Å². The van der Waals surface area contributed by atoms with Crippen LogP contribution >= 0.6 is 0 Å². The van der Waals surface area contributed by atoms with Gasteiger partial charge in [-0.25, -0.2) is 8.78 Å². The molecule has 3 saturated heterocycles. The van der Waals surface area contributed by atoms with Gasteiger partial charge in [0.1, 0.15) is 12.3 Å². The number of hydrogen-bond donors (Lipinski definition) is 4. The third-order valence-electron chi connectivity index (χ3n) is 9.35. The lowest BCUT2D eigenvalue weighted by Gasteiger charge is -2.42. The summed E-state index contributed by atoms with van der Waals surface area (Å²) >= 11 is 0. The minimum absolute atomic E-state index is 0.125. The van der Waals surface area contributed by atoms with Crippen molar-refractivity contribution in [3.05, 3.63) is 11.8 Å². The van der Waals surface area contributed by atoms with E-state index in [4.69, 9.17) is 5.73 Å². The topological polar surface area (TPSA) is 118 Å². The molecule has 4 aliphatic rings. The van der Waals surface area contributed by atoms with E-state index in [2.05, 4.69) is 32.9 Å². The molecule has 0 bridgehead atoms. The average Bonchev–Trinajstić information content (AvgIpc) is 3.43. The second kappa shape index (κ2) is 14.3. The maximum absolute atomic E-state index is 15.5. The van der Waals surface area contributed by atoms with Crippen molar-refractivity contribution in [3.63, 3.8) is 0 Å². The first-order chi connectivity index (χ1) is 19.6. The fourth-order valence-electron chi connectivity index (χ4n) is 6.52. The van der Waals surface area contributed by atoms with Crippen LogP contribution in [-0.4, -0.2) is 129 Å². The lowest BCUT2D eigenvalue weighted by atomic mass is 9.92. The molecule has 0 aliphatic carbocycles. The van der Waals surface area contributed by atoms with E-state index in [0.717, 1.165) is 38.3 Å². The van der Waals surface area contributed by atoms with Crippen molar-refractivity contribution in [1.29, 1.82) is 0 Å². The summed E-state index contributed by atoms with van der Waals surface area (Å²) in [5.41, 5.74) is 7.39. The molecule has 0 spiro atoms. The Morgan fingerprint density at radius 2 is 1.93 bits per heavy atom. The van der Waals surface area contributed by atoms with E-state index in [1.165, 1.54) is 6.21 Å². The minimum atomic E-state index is -1.26. The van der Waals surface area contributed by atoms with Crippen molar-refractivity contribution < 1.29 is 18.4 Å². The number of aliphatic imine (C=N–C) groups is 1. The fraction of sp³-hybridized carbons (Fsp3) is 0.828. The lowest BCUT2D eigenvalue weighted by molar-refractivity contribution is -0.137. The van der Waals surface area contributed by atoms with Gasteiger partial charge in [-0.15, -0.1) is 0 Å². The number of nitrogens with two attached hydrogens (primary N) is 1. The summed E-state index contributed by atoms with van der Waals surface area (Å²) in [6.07, 6.45) is 1.55. The van der Waals surface area contributed by atoms with E-state index >= 15 is 4.39 Å². The molecule has 232 valence electrons. The molecule has 0 radical (unpaired) electrons. The van der Waals surface area contributed by atoms with Crippen LogP contribution in [0.4, 0.5) is 8.78 Å². The largest absolute Gasteiger partial charge is 0.373 e. The van der Waals surface area contributed by atoms with Gasteiger partial charge >= 0.3 is 0 Å². The average molecular weight is 581 g/mol. The Morgan fingerprint density at radius 1 is 1.20 bits per heavy atom. The zero-order valence-electron chi connectivity index (χ0n) is 25.1. The van der Waals surface area contributed by atoms with Crippen LogP contribution in [0, 0.1) is 17.8 Å². The number of piperidine rings is 1. The summed E-state index contributed by atoms with van der Waals surface area (Å²) in [6, 6.07) is -1.65. The molecule has 0 saturated carbocycles. The van der Waals surface area contributed by atoms with Crippen LogP contribution in [0.1, 0.15) is 40.0 Å². The third kappa shape index (κ3) is 7.82. The summed E-state index contributed by atoms with van der Waals surface area (Å²) in [7, 11) is 2.06. The Balaban J connectivity index is 1.46. The number of nitrogens with zero attached hydrogens (tertiary/aromatic N) is 4. The number of likely N-dealkylation sites (N-methyl/N-ethyl adjacent to an activating group) is 1. The smallest absolute Gasteiger partial charge is 0.229 e. The first-order valence-electron chi connectivity index (χ1n) is 15.3. The van der Waals surface area contributed by atoms with E-state index in [0.29, 0.717) is 26.1 Å². The van der Waals surface area contributed by atoms with E-state index in [1.54, 1.807) is 13.0 Å². The molecule has 4 rings (SSSR count). The highest BCUT2D eigenvalue weighted by Crippen LogP contribution is 2.27. The van der Waals surface area contributed by atoms with Crippen molar-refractivity contribution in [2.75, 3.05) is 59.4 Å². The summed E-state index contributed by atoms with van der Waals surface area (Å²) < 4.78 is 30.0. The predicted molar refractivity (Wildman–Crippen MR) is 157 cm³/mol. The molecule has 5 N–H and O–H groups in total. The van der Waals surface area contributed by atoms with Gasteiger partial charge in [-0.05, 0) is 39.3 Å². The highest BCUT2D eigenvalue weighted by Gasteiger charge is 2.44. The first kappa shape index (κ1) is 31.8. The molecular weight excluding hydrogens is 530 g/mol. The SMILES string of the molecule is CCC(C)/C1=C/CC(F)/C=N\C(C)C(C(=O)NC2CNCC(F)C2N2CCC(C(=O)N3CCN(C)CC3)C2)C(N)N1. The molecule has 10 nitrogen and oxygen atoms in total. The number of carbonyl (C=O) groups is 2. The molecule has 41 heavy (non-hydrogen) atoms. The Bertz CT molecular complexity index is 959. The molecular formula is C29H50F2N8O2. The molecule has 4 aliphatic heterocycles. The number of piperazine rings is 1. The standard InChI is InChI=1S/C29H50F2N8O2/c1-5-18(2)23-7-6-21(30)14-34-19(3)25(27(32)35-23)28(40)36-24-16-33-15-22(31)26(24)39-9-8-20(17-39)29(41)38-12-10-37(4)11-13-38/h7,14,18-22,24-27,33,35H,5-6,8-13,15-17,32H2,1-4H3,(H,36,40)/b23-7-,34-14-. The van der Waals surface area contributed by atoms with Crippen molar-refractivity contribution in [2.45, 2.75) is 76.7 Å². The number of rotatable bonds is 6. The molecule has 0 aromatic carbocycles. The Labute approximate surface area is 243 Å². The number of hydrogen-bond acceptors (Lipinski definition) is 8. The van der Waals surface area contributed by atoms with E-state index in [9.17, 15) is 14.0 Å². The number of nitrogens with one attached hydrogen (secondary N) is 3. The quantitative estimate of drug-likeness (QED) is 0.362. The van der Waals surface area contributed by atoms with Gasteiger partial charge in [0.25, 0.3) is 0 Å². The van der Waals surface area contributed by atoms with Crippen molar-refractivity contribution in [3.8, 4) is 0 Å². The lowest BCUT2D eigenvalue weighted by Crippen LogP contribution is -2.66. The van der Waals surface area contributed by atoms with E-state index in [1.807, 2.05) is 23.6 Å². The first-order valence-corrected chi connectivity index (χ1v) is 15.3. The number of allylic oxidation sites excluding steroid dienone is 2. The van der Waals surface area contributed by atoms with Crippen LogP contribution in [0.5, 0.6) is 0 Å². The molecule has 0 aromatic heterocycles. The van der Waals surface area contributed by atoms with Crippen molar-refractivity contribution in [2.24, 2.45) is 28.5 Å². The Kier molecular flexibility index (Phi) is 11.1. The maximum atomic E-state index is 15.5. The summed E-state index contributed by atoms with van der Waals surface area (Å²) in [5, 5.41) is 9.46. The molecule has 9 atom stereocenters. The van der Waals surface area contributed by atoms with Crippen LogP contribution in [0.2, 0.25) is 0 Å². The Morgan fingerprint density at radius 3 is 2.63 bits per heavy atom. The number of amides is 2.